The zero-order chi connectivity index (χ0) is 16.2. The van der Waals surface area contributed by atoms with Gasteiger partial charge in [-0.05, 0) is 59.0 Å². The van der Waals surface area contributed by atoms with E-state index in [1.807, 2.05) is 12.1 Å². The Labute approximate surface area is 143 Å². The van der Waals surface area contributed by atoms with Gasteiger partial charge in [-0.1, -0.05) is 24.3 Å². The lowest BCUT2D eigenvalue weighted by molar-refractivity contribution is 0.0954. The average Bonchev–Trinajstić information content (AvgIpc) is 2.59. The van der Waals surface area contributed by atoms with Gasteiger partial charge >= 0.3 is 0 Å². The molecule has 0 unspecified atom stereocenters. The Bertz CT molecular complexity index is 771. The number of rotatable bonds is 3. The zero-order valence-corrected chi connectivity index (χ0v) is 14.4. The molecule has 2 aromatic rings. The van der Waals surface area contributed by atoms with Gasteiger partial charge in [-0.25, -0.2) is 5.43 Å². The van der Waals surface area contributed by atoms with Crippen LogP contribution in [0.15, 0.2) is 52.0 Å². The fourth-order valence-electron chi connectivity index (χ4n) is 2.71. The lowest BCUT2D eigenvalue weighted by Crippen LogP contribution is -2.22. The first-order valence-corrected chi connectivity index (χ1v) is 8.27. The minimum Gasteiger partial charge on any atom is -0.496 e. The Morgan fingerprint density at radius 3 is 2.83 bits per heavy atom. The van der Waals surface area contributed by atoms with Crippen molar-refractivity contribution >= 4 is 27.5 Å². The van der Waals surface area contributed by atoms with Crippen LogP contribution in [0.3, 0.4) is 0 Å². The maximum absolute atomic E-state index is 12.3. The van der Waals surface area contributed by atoms with Gasteiger partial charge in [-0.2, -0.15) is 5.10 Å². The summed E-state index contributed by atoms with van der Waals surface area (Å²) in [5.41, 5.74) is 6.56. The number of carbonyl (C=O) groups excluding carboxylic acids is 1. The Kier molecular flexibility index (Phi) is 4.76. The van der Waals surface area contributed by atoms with E-state index in [1.165, 1.54) is 5.56 Å². The summed E-state index contributed by atoms with van der Waals surface area (Å²) in [6.07, 6.45) is 3.00. The highest BCUT2D eigenvalue weighted by atomic mass is 79.9. The monoisotopic (exact) mass is 372 g/mol. The molecule has 1 N–H and O–H groups in total. The van der Waals surface area contributed by atoms with E-state index in [0.29, 0.717) is 11.3 Å². The summed E-state index contributed by atoms with van der Waals surface area (Å²) in [5.74, 6) is 0.456. The number of nitrogens with one attached hydrogen (secondary N) is 1. The number of hydrogen-bond acceptors (Lipinski definition) is 3. The number of benzene rings is 2. The van der Waals surface area contributed by atoms with Crippen molar-refractivity contribution in [2.45, 2.75) is 19.3 Å². The number of nitrogens with zero attached hydrogens (tertiary/aromatic N) is 1. The van der Waals surface area contributed by atoms with Crippen LogP contribution >= 0.6 is 15.9 Å². The molecular weight excluding hydrogens is 356 g/mol. The van der Waals surface area contributed by atoms with Gasteiger partial charge in [0.2, 0.25) is 0 Å². The second kappa shape index (κ2) is 6.96. The summed E-state index contributed by atoms with van der Waals surface area (Å²) >= 11 is 3.38. The molecule has 0 spiro atoms. The second-order valence-electron chi connectivity index (χ2n) is 5.36. The van der Waals surface area contributed by atoms with Crippen LogP contribution in [-0.2, 0) is 6.42 Å². The van der Waals surface area contributed by atoms with Crippen LogP contribution in [0.4, 0.5) is 0 Å². The largest absolute Gasteiger partial charge is 0.496 e. The quantitative estimate of drug-likeness (QED) is 0.829. The van der Waals surface area contributed by atoms with E-state index in [0.717, 1.165) is 35.0 Å². The summed E-state index contributed by atoms with van der Waals surface area (Å²) in [4.78, 5) is 12.3. The maximum atomic E-state index is 12.3. The molecule has 3 rings (SSSR count). The van der Waals surface area contributed by atoms with Gasteiger partial charge in [0.1, 0.15) is 5.75 Å². The van der Waals surface area contributed by atoms with E-state index >= 15 is 0 Å². The number of halogens is 1. The van der Waals surface area contributed by atoms with E-state index in [9.17, 15) is 4.79 Å². The number of ether oxygens (including phenoxy) is 1. The highest BCUT2D eigenvalue weighted by molar-refractivity contribution is 9.10. The highest BCUT2D eigenvalue weighted by Gasteiger charge is 2.15. The number of methoxy groups -OCH3 is 1. The summed E-state index contributed by atoms with van der Waals surface area (Å²) in [7, 11) is 1.59. The van der Waals surface area contributed by atoms with Crippen molar-refractivity contribution in [2.24, 2.45) is 5.10 Å². The SMILES string of the molecule is COc1ccc(C(=O)N/N=C2/CCCc3ccccc32)cc1Br. The van der Waals surface area contributed by atoms with Crippen molar-refractivity contribution in [3.63, 3.8) is 0 Å². The lowest BCUT2D eigenvalue weighted by atomic mass is 9.90. The number of fused-ring (bicyclic) bond motifs is 1. The number of carbonyl (C=O) groups is 1. The van der Waals surface area contributed by atoms with Crippen LogP contribution in [-0.4, -0.2) is 18.7 Å². The van der Waals surface area contributed by atoms with Crippen LogP contribution < -0.4 is 10.2 Å². The van der Waals surface area contributed by atoms with Gasteiger partial charge in [0, 0.05) is 11.1 Å². The first-order valence-electron chi connectivity index (χ1n) is 7.48. The number of hydrogen-bond donors (Lipinski definition) is 1. The van der Waals surface area contributed by atoms with Gasteiger partial charge < -0.3 is 4.74 Å². The number of hydrazone groups is 1. The molecule has 118 valence electrons. The van der Waals surface area contributed by atoms with Crippen LogP contribution in [0.1, 0.15) is 34.3 Å². The van der Waals surface area contributed by atoms with Gasteiger partial charge in [0.15, 0.2) is 0 Å². The normalized spacial score (nSPS) is 15.1. The van der Waals surface area contributed by atoms with Crippen molar-refractivity contribution in [1.82, 2.24) is 5.43 Å². The Morgan fingerprint density at radius 2 is 2.04 bits per heavy atom. The molecule has 23 heavy (non-hydrogen) atoms. The van der Waals surface area contributed by atoms with Crippen LogP contribution in [0.2, 0.25) is 0 Å². The Morgan fingerprint density at radius 1 is 1.22 bits per heavy atom. The van der Waals surface area contributed by atoms with Crippen molar-refractivity contribution in [1.29, 1.82) is 0 Å². The Hall–Kier alpha value is -2.14. The fraction of sp³-hybridized carbons (Fsp3) is 0.222. The molecule has 4 nitrogen and oxygen atoms in total. The fourth-order valence-corrected chi connectivity index (χ4v) is 3.25. The molecule has 0 saturated heterocycles. The maximum Gasteiger partial charge on any atom is 0.271 e. The van der Waals surface area contributed by atoms with Gasteiger partial charge in [0.25, 0.3) is 5.91 Å². The molecule has 1 amide bonds. The highest BCUT2D eigenvalue weighted by Crippen LogP contribution is 2.25. The van der Waals surface area contributed by atoms with Gasteiger partial charge in [-0.3, -0.25) is 4.79 Å². The standard InChI is InChI=1S/C18H17BrN2O2/c1-23-17-10-9-13(11-15(17)19)18(22)21-20-16-8-4-6-12-5-2-3-7-14(12)16/h2-3,5,7,9-11H,4,6,8H2,1H3,(H,21,22)/b20-16-. The van der Waals surface area contributed by atoms with Crippen molar-refractivity contribution < 1.29 is 9.53 Å². The van der Waals surface area contributed by atoms with E-state index in [2.05, 4.69) is 38.6 Å². The van der Waals surface area contributed by atoms with Gasteiger partial charge in [0.05, 0.1) is 17.3 Å². The molecule has 1 aliphatic rings. The molecular formula is C18H17BrN2O2. The first kappa shape index (κ1) is 15.7. The van der Waals surface area contributed by atoms with E-state index in [1.54, 1.807) is 25.3 Å². The molecule has 0 aromatic heterocycles. The molecule has 5 heteroatoms. The topological polar surface area (TPSA) is 50.7 Å². The third-order valence-electron chi connectivity index (χ3n) is 3.89. The Balaban J connectivity index is 1.78. The number of amides is 1. The smallest absolute Gasteiger partial charge is 0.271 e. The van der Waals surface area contributed by atoms with Crippen LogP contribution in [0, 0.1) is 0 Å². The van der Waals surface area contributed by atoms with Crippen LogP contribution in [0.5, 0.6) is 5.75 Å². The van der Waals surface area contributed by atoms with Crippen molar-refractivity contribution in [2.75, 3.05) is 7.11 Å². The molecule has 0 radical (unpaired) electrons. The van der Waals surface area contributed by atoms with E-state index in [4.69, 9.17) is 4.74 Å². The van der Waals surface area contributed by atoms with Crippen molar-refractivity contribution in [3.8, 4) is 5.75 Å². The minimum atomic E-state index is -0.232. The molecule has 0 fully saturated rings. The van der Waals surface area contributed by atoms with Crippen LogP contribution in [0.25, 0.3) is 0 Å². The zero-order valence-electron chi connectivity index (χ0n) is 12.8. The first-order chi connectivity index (χ1) is 11.2. The predicted octanol–water partition coefficient (Wildman–Crippen LogP) is 3.93. The lowest BCUT2D eigenvalue weighted by Gasteiger charge is -2.17. The minimum absolute atomic E-state index is 0.232. The molecule has 0 bridgehead atoms. The third-order valence-corrected chi connectivity index (χ3v) is 4.51. The molecule has 0 atom stereocenters. The van der Waals surface area contributed by atoms with Crippen molar-refractivity contribution in [3.05, 3.63) is 63.6 Å². The summed E-state index contributed by atoms with van der Waals surface area (Å²) in [6, 6.07) is 13.4. The number of aryl methyl sites for hydroxylation is 1. The second-order valence-corrected chi connectivity index (χ2v) is 6.21. The molecule has 2 aromatic carbocycles. The average molecular weight is 373 g/mol. The molecule has 0 heterocycles. The van der Waals surface area contributed by atoms with E-state index < -0.39 is 0 Å². The van der Waals surface area contributed by atoms with E-state index in [-0.39, 0.29) is 5.91 Å². The molecule has 1 aliphatic carbocycles. The predicted molar refractivity (Wildman–Crippen MR) is 94.1 cm³/mol. The van der Waals surface area contributed by atoms with Gasteiger partial charge in [-0.15, -0.1) is 0 Å². The molecule has 0 saturated carbocycles. The molecule has 0 aliphatic heterocycles. The summed E-state index contributed by atoms with van der Waals surface area (Å²) in [6.45, 7) is 0. The summed E-state index contributed by atoms with van der Waals surface area (Å²) < 4.78 is 5.91. The summed E-state index contributed by atoms with van der Waals surface area (Å²) in [5, 5.41) is 4.34. The third kappa shape index (κ3) is 3.45.